The smallest absolute Gasteiger partial charge is 0.262 e. The van der Waals surface area contributed by atoms with Crippen molar-refractivity contribution in [2.24, 2.45) is 0 Å². The van der Waals surface area contributed by atoms with Crippen LogP contribution in [0.1, 0.15) is 22.3 Å². The van der Waals surface area contributed by atoms with E-state index in [0.717, 1.165) is 11.1 Å². The maximum Gasteiger partial charge on any atom is 0.262 e. The Morgan fingerprint density at radius 3 is 2.24 bits per heavy atom. The highest BCUT2D eigenvalue weighted by molar-refractivity contribution is 7.92. The van der Waals surface area contributed by atoms with Crippen molar-refractivity contribution >= 4 is 15.7 Å². The van der Waals surface area contributed by atoms with E-state index in [2.05, 4.69) is 4.72 Å². The molecule has 0 aromatic heterocycles. The van der Waals surface area contributed by atoms with Crippen LogP contribution in [0.5, 0.6) is 0 Å². The first kappa shape index (κ1) is 15.5. The number of rotatable bonds is 4. The molecule has 21 heavy (non-hydrogen) atoms. The van der Waals surface area contributed by atoms with E-state index in [4.69, 9.17) is 5.11 Å². The normalized spacial score (nSPS) is 11.4. The van der Waals surface area contributed by atoms with E-state index < -0.39 is 10.0 Å². The Balaban J connectivity index is 2.40. The Kier molecular flexibility index (Phi) is 4.34. The number of aliphatic hydroxyl groups is 1. The zero-order valence-corrected chi connectivity index (χ0v) is 13.2. The summed E-state index contributed by atoms with van der Waals surface area (Å²) in [5, 5.41) is 9.16. The number of aliphatic hydroxyl groups excluding tert-OH is 1. The van der Waals surface area contributed by atoms with Crippen molar-refractivity contribution in [3.63, 3.8) is 0 Å². The van der Waals surface area contributed by atoms with Crippen LogP contribution in [-0.4, -0.2) is 13.5 Å². The minimum Gasteiger partial charge on any atom is -0.392 e. The summed E-state index contributed by atoms with van der Waals surface area (Å²) < 4.78 is 27.6. The zero-order valence-electron chi connectivity index (χ0n) is 12.3. The topological polar surface area (TPSA) is 66.4 Å². The van der Waals surface area contributed by atoms with Crippen LogP contribution in [0.3, 0.4) is 0 Å². The van der Waals surface area contributed by atoms with Crippen LogP contribution in [0.2, 0.25) is 0 Å². The fraction of sp³-hybridized carbons (Fsp3) is 0.250. The average molecular weight is 305 g/mol. The lowest BCUT2D eigenvalue weighted by Gasteiger charge is -2.12. The summed E-state index contributed by atoms with van der Waals surface area (Å²) in [7, 11) is -3.67. The molecule has 0 aliphatic heterocycles. The molecule has 0 aliphatic rings. The predicted octanol–water partition coefficient (Wildman–Crippen LogP) is 2.90. The molecule has 0 atom stereocenters. The zero-order chi connectivity index (χ0) is 15.6. The third-order valence-corrected chi connectivity index (χ3v) is 5.01. The number of sulfonamides is 1. The number of aryl methyl sites for hydroxylation is 3. The summed E-state index contributed by atoms with van der Waals surface area (Å²) in [6, 6.07) is 10.3. The summed E-state index contributed by atoms with van der Waals surface area (Å²) in [4.78, 5) is 0.187. The molecular weight excluding hydrogens is 286 g/mol. The Hall–Kier alpha value is -1.85. The van der Waals surface area contributed by atoms with Gasteiger partial charge in [0.05, 0.1) is 11.5 Å². The maximum absolute atomic E-state index is 12.5. The van der Waals surface area contributed by atoms with E-state index >= 15 is 0 Å². The number of anilines is 1. The van der Waals surface area contributed by atoms with E-state index in [1.165, 1.54) is 6.07 Å². The first-order valence-electron chi connectivity index (χ1n) is 6.64. The summed E-state index contributed by atoms with van der Waals surface area (Å²) in [5.41, 5.74) is 3.88. The van der Waals surface area contributed by atoms with E-state index in [-0.39, 0.29) is 11.5 Å². The molecule has 2 rings (SSSR count). The molecule has 0 spiro atoms. The first-order chi connectivity index (χ1) is 9.83. The number of hydrogen-bond donors (Lipinski definition) is 2. The van der Waals surface area contributed by atoms with Crippen molar-refractivity contribution < 1.29 is 13.5 Å². The SMILES string of the molecule is Cc1ccc(NS(=O)(=O)c2cc(CO)ccc2C)cc1C. The van der Waals surface area contributed by atoms with Gasteiger partial charge in [0.2, 0.25) is 0 Å². The van der Waals surface area contributed by atoms with Crippen molar-refractivity contribution in [3.05, 3.63) is 58.7 Å². The molecule has 0 amide bonds. The largest absolute Gasteiger partial charge is 0.392 e. The Morgan fingerprint density at radius 2 is 1.62 bits per heavy atom. The summed E-state index contributed by atoms with van der Waals surface area (Å²) in [5.74, 6) is 0. The fourth-order valence-corrected chi connectivity index (χ4v) is 3.39. The molecule has 0 heterocycles. The Morgan fingerprint density at radius 1 is 0.952 bits per heavy atom. The van der Waals surface area contributed by atoms with Crippen LogP contribution < -0.4 is 4.72 Å². The quantitative estimate of drug-likeness (QED) is 0.912. The molecule has 2 aromatic rings. The van der Waals surface area contributed by atoms with Gasteiger partial charge in [-0.3, -0.25) is 4.72 Å². The second-order valence-electron chi connectivity index (χ2n) is 5.16. The molecule has 2 N–H and O–H groups in total. The molecule has 0 radical (unpaired) electrons. The van der Waals surface area contributed by atoms with Crippen LogP contribution in [0, 0.1) is 20.8 Å². The molecule has 0 fully saturated rings. The molecule has 0 saturated carbocycles. The fourth-order valence-electron chi connectivity index (χ4n) is 2.05. The van der Waals surface area contributed by atoms with Crippen molar-refractivity contribution in [2.45, 2.75) is 32.3 Å². The number of benzene rings is 2. The predicted molar refractivity (Wildman–Crippen MR) is 83.8 cm³/mol. The van der Waals surface area contributed by atoms with Crippen molar-refractivity contribution in [2.75, 3.05) is 4.72 Å². The molecule has 0 bridgehead atoms. The van der Waals surface area contributed by atoms with Gasteiger partial charge in [-0.05, 0) is 61.2 Å². The van der Waals surface area contributed by atoms with Gasteiger partial charge in [0, 0.05) is 5.69 Å². The molecule has 112 valence electrons. The van der Waals surface area contributed by atoms with Gasteiger partial charge < -0.3 is 5.11 Å². The van der Waals surface area contributed by atoms with Crippen molar-refractivity contribution in [1.29, 1.82) is 0 Å². The molecule has 5 heteroatoms. The van der Waals surface area contributed by atoms with E-state index in [1.807, 2.05) is 19.9 Å². The van der Waals surface area contributed by atoms with Crippen LogP contribution in [0.4, 0.5) is 5.69 Å². The molecule has 2 aromatic carbocycles. The van der Waals surface area contributed by atoms with Gasteiger partial charge >= 0.3 is 0 Å². The van der Waals surface area contributed by atoms with E-state index in [9.17, 15) is 8.42 Å². The van der Waals surface area contributed by atoms with Gasteiger partial charge in [-0.1, -0.05) is 18.2 Å². The molecule has 4 nitrogen and oxygen atoms in total. The molecule has 0 saturated heterocycles. The Bertz CT molecular complexity index is 767. The third-order valence-electron chi connectivity index (χ3n) is 3.48. The average Bonchev–Trinajstić information content (AvgIpc) is 2.43. The van der Waals surface area contributed by atoms with Crippen LogP contribution in [0.25, 0.3) is 0 Å². The second-order valence-corrected chi connectivity index (χ2v) is 6.81. The number of hydrogen-bond acceptors (Lipinski definition) is 3. The monoisotopic (exact) mass is 305 g/mol. The van der Waals surface area contributed by atoms with Crippen LogP contribution in [0.15, 0.2) is 41.3 Å². The molecule has 0 aliphatic carbocycles. The standard InChI is InChI=1S/C16H19NO3S/c1-11-5-7-15(8-13(11)3)17-21(19,20)16-9-14(10-18)6-4-12(16)2/h4-9,17-18H,10H2,1-3H3. The lowest BCUT2D eigenvalue weighted by atomic mass is 10.1. The summed E-state index contributed by atoms with van der Waals surface area (Å²) >= 11 is 0. The minimum absolute atomic E-state index is 0.187. The lowest BCUT2D eigenvalue weighted by Crippen LogP contribution is -2.14. The lowest BCUT2D eigenvalue weighted by molar-refractivity contribution is 0.281. The van der Waals surface area contributed by atoms with Crippen molar-refractivity contribution in [3.8, 4) is 0 Å². The van der Waals surface area contributed by atoms with Crippen LogP contribution in [-0.2, 0) is 16.6 Å². The van der Waals surface area contributed by atoms with Gasteiger partial charge in [0.15, 0.2) is 0 Å². The van der Waals surface area contributed by atoms with Crippen LogP contribution >= 0.6 is 0 Å². The highest BCUT2D eigenvalue weighted by Crippen LogP contribution is 2.22. The van der Waals surface area contributed by atoms with Gasteiger partial charge in [-0.15, -0.1) is 0 Å². The summed E-state index contributed by atoms with van der Waals surface area (Å²) in [6.45, 7) is 5.45. The highest BCUT2D eigenvalue weighted by Gasteiger charge is 2.17. The van der Waals surface area contributed by atoms with Gasteiger partial charge in [0.1, 0.15) is 0 Å². The Labute approximate surface area is 125 Å². The first-order valence-corrected chi connectivity index (χ1v) is 8.12. The van der Waals surface area contributed by atoms with E-state index in [0.29, 0.717) is 16.8 Å². The third kappa shape index (κ3) is 3.43. The minimum atomic E-state index is -3.67. The summed E-state index contributed by atoms with van der Waals surface area (Å²) in [6.07, 6.45) is 0. The number of nitrogens with one attached hydrogen (secondary N) is 1. The molecule has 0 unspecified atom stereocenters. The molecular formula is C16H19NO3S. The second kappa shape index (κ2) is 5.87. The maximum atomic E-state index is 12.5. The van der Waals surface area contributed by atoms with Crippen molar-refractivity contribution in [1.82, 2.24) is 0 Å². The van der Waals surface area contributed by atoms with E-state index in [1.54, 1.807) is 31.2 Å². The van der Waals surface area contributed by atoms with Gasteiger partial charge in [-0.2, -0.15) is 0 Å². The highest BCUT2D eigenvalue weighted by atomic mass is 32.2. The van der Waals surface area contributed by atoms with Gasteiger partial charge in [0.25, 0.3) is 10.0 Å². The van der Waals surface area contributed by atoms with Gasteiger partial charge in [-0.25, -0.2) is 8.42 Å².